The second-order valence-corrected chi connectivity index (χ2v) is 5.50. The number of amides is 1. The predicted octanol–water partition coefficient (Wildman–Crippen LogP) is 2.65. The molecule has 2 saturated carbocycles. The maximum absolute atomic E-state index is 11.5. The van der Waals surface area contributed by atoms with Crippen molar-refractivity contribution in [1.82, 2.24) is 5.32 Å². The fraction of sp³-hybridized carbons (Fsp3) is 0.533. The van der Waals surface area contributed by atoms with Crippen LogP contribution >= 0.6 is 0 Å². The van der Waals surface area contributed by atoms with Gasteiger partial charge in [-0.15, -0.1) is 0 Å². The molecule has 0 heterocycles. The first-order chi connectivity index (χ1) is 8.78. The summed E-state index contributed by atoms with van der Waals surface area (Å²) in [5.41, 5.74) is 1.86. The molecule has 2 aliphatic carbocycles. The fourth-order valence-electron chi connectivity index (χ4n) is 2.59. The van der Waals surface area contributed by atoms with Gasteiger partial charge in [-0.1, -0.05) is 0 Å². The number of hydrogen-bond acceptors (Lipinski definition) is 2. The van der Waals surface area contributed by atoms with Gasteiger partial charge < -0.3 is 10.6 Å². The van der Waals surface area contributed by atoms with Crippen LogP contribution in [0.3, 0.4) is 0 Å². The highest BCUT2D eigenvalue weighted by Crippen LogP contribution is 2.45. The van der Waals surface area contributed by atoms with Crippen molar-refractivity contribution >= 4 is 11.6 Å². The number of nitrogens with one attached hydrogen (secondary N) is 2. The lowest BCUT2D eigenvalue weighted by molar-refractivity contribution is 0.0963. The molecule has 0 aromatic heterocycles. The molecule has 18 heavy (non-hydrogen) atoms. The van der Waals surface area contributed by atoms with Crippen LogP contribution in [0.5, 0.6) is 0 Å². The first kappa shape index (κ1) is 11.6. The standard InChI is InChI=1S/C15H20N2O/c1-16-15(18)12-6-8-13(9-7-12)17-14(10-2-3-10)11-4-5-11/h6-11,14,17H,2-5H2,1H3,(H,16,18). The molecule has 1 amide bonds. The first-order valence-electron chi connectivity index (χ1n) is 6.86. The van der Waals surface area contributed by atoms with Gasteiger partial charge in [0.1, 0.15) is 0 Å². The zero-order valence-electron chi connectivity index (χ0n) is 10.8. The average molecular weight is 244 g/mol. The Labute approximate surface area is 108 Å². The third-order valence-electron chi connectivity index (χ3n) is 3.97. The zero-order chi connectivity index (χ0) is 12.5. The van der Waals surface area contributed by atoms with Gasteiger partial charge in [0.05, 0.1) is 0 Å². The molecular formula is C15H20N2O. The maximum Gasteiger partial charge on any atom is 0.251 e. The van der Waals surface area contributed by atoms with Crippen LogP contribution in [0.25, 0.3) is 0 Å². The van der Waals surface area contributed by atoms with E-state index in [4.69, 9.17) is 0 Å². The molecule has 0 radical (unpaired) electrons. The first-order valence-corrected chi connectivity index (χ1v) is 6.86. The molecule has 1 aromatic rings. The molecule has 0 saturated heterocycles. The van der Waals surface area contributed by atoms with Gasteiger partial charge in [-0.05, 0) is 61.8 Å². The highest BCUT2D eigenvalue weighted by Gasteiger charge is 2.41. The predicted molar refractivity (Wildman–Crippen MR) is 72.7 cm³/mol. The van der Waals surface area contributed by atoms with Crippen molar-refractivity contribution < 1.29 is 4.79 Å². The summed E-state index contributed by atoms with van der Waals surface area (Å²) in [6.45, 7) is 0. The number of carbonyl (C=O) groups is 1. The molecule has 1 aromatic carbocycles. The third-order valence-corrected chi connectivity index (χ3v) is 3.97. The zero-order valence-corrected chi connectivity index (χ0v) is 10.8. The Morgan fingerprint density at radius 1 is 1.11 bits per heavy atom. The van der Waals surface area contributed by atoms with E-state index < -0.39 is 0 Å². The molecule has 2 aliphatic rings. The van der Waals surface area contributed by atoms with Crippen LogP contribution in [-0.4, -0.2) is 19.0 Å². The van der Waals surface area contributed by atoms with Crippen LogP contribution in [0.4, 0.5) is 5.69 Å². The summed E-state index contributed by atoms with van der Waals surface area (Å²) < 4.78 is 0. The molecule has 96 valence electrons. The Bertz CT molecular complexity index is 420. The van der Waals surface area contributed by atoms with E-state index in [0.717, 1.165) is 23.1 Å². The quantitative estimate of drug-likeness (QED) is 0.836. The van der Waals surface area contributed by atoms with E-state index in [2.05, 4.69) is 10.6 Å². The Morgan fingerprint density at radius 3 is 2.11 bits per heavy atom. The molecule has 0 spiro atoms. The van der Waals surface area contributed by atoms with Crippen molar-refractivity contribution in [1.29, 1.82) is 0 Å². The van der Waals surface area contributed by atoms with Gasteiger partial charge in [-0.25, -0.2) is 0 Å². The molecule has 3 rings (SSSR count). The van der Waals surface area contributed by atoms with Crippen molar-refractivity contribution in [2.75, 3.05) is 12.4 Å². The number of benzene rings is 1. The van der Waals surface area contributed by atoms with E-state index in [1.54, 1.807) is 7.05 Å². The summed E-state index contributed by atoms with van der Waals surface area (Å²) in [7, 11) is 1.66. The molecule has 3 heteroatoms. The highest BCUT2D eigenvalue weighted by molar-refractivity contribution is 5.94. The van der Waals surface area contributed by atoms with E-state index >= 15 is 0 Å². The minimum absolute atomic E-state index is 0.0255. The minimum Gasteiger partial charge on any atom is -0.382 e. The number of anilines is 1. The Kier molecular flexibility index (Phi) is 2.98. The maximum atomic E-state index is 11.5. The van der Waals surface area contributed by atoms with Gasteiger partial charge in [0.15, 0.2) is 0 Å². The highest BCUT2D eigenvalue weighted by atomic mass is 16.1. The Hall–Kier alpha value is -1.51. The monoisotopic (exact) mass is 244 g/mol. The molecule has 2 fully saturated rings. The summed E-state index contributed by atoms with van der Waals surface area (Å²) in [6.07, 6.45) is 5.52. The molecule has 2 N–H and O–H groups in total. The lowest BCUT2D eigenvalue weighted by atomic mass is 10.1. The van der Waals surface area contributed by atoms with Crippen LogP contribution in [0, 0.1) is 11.8 Å². The van der Waals surface area contributed by atoms with Crippen molar-refractivity contribution in [3.8, 4) is 0 Å². The SMILES string of the molecule is CNC(=O)c1ccc(NC(C2CC2)C2CC2)cc1. The van der Waals surface area contributed by atoms with Gasteiger partial charge in [0.25, 0.3) is 5.91 Å². The van der Waals surface area contributed by atoms with Crippen molar-refractivity contribution in [3.05, 3.63) is 29.8 Å². The number of rotatable bonds is 5. The molecule has 3 nitrogen and oxygen atoms in total. The fourth-order valence-corrected chi connectivity index (χ4v) is 2.59. The van der Waals surface area contributed by atoms with E-state index in [9.17, 15) is 4.79 Å². The summed E-state index contributed by atoms with van der Waals surface area (Å²) in [5.74, 6) is 1.75. The summed E-state index contributed by atoms with van der Waals surface area (Å²) in [6, 6.07) is 8.47. The molecule has 0 bridgehead atoms. The minimum atomic E-state index is -0.0255. The van der Waals surface area contributed by atoms with E-state index in [-0.39, 0.29) is 5.91 Å². The topological polar surface area (TPSA) is 41.1 Å². The largest absolute Gasteiger partial charge is 0.382 e. The van der Waals surface area contributed by atoms with Gasteiger partial charge in [-0.2, -0.15) is 0 Å². The molecule has 0 atom stereocenters. The van der Waals surface area contributed by atoms with Crippen molar-refractivity contribution in [2.24, 2.45) is 11.8 Å². The van der Waals surface area contributed by atoms with Crippen molar-refractivity contribution in [2.45, 2.75) is 31.7 Å². The number of hydrogen-bond donors (Lipinski definition) is 2. The van der Waals surface area contributed by atoms with E-state index in [1.165, 1.54) is 25.7 Å². The second-order valence-electron chi connectivity index (χ2n) is 5.50. The molecular weight excluding hydrogens is 224 g/mol. The summed E-state index contributed by atoms with van der Waals surface area (Å²) in [5, 5.41) is 6.29. The lowest BCUT2D eigenvalue weighted by Crippen LogP contribution is -2.24. The van der Waals surface area contributed by atoms with Gasteiger partial charge in [-0.3, -0.25) is 4.79 Å². The van der Waals surface area contributed by atoms with Gasteiger partial charge in [0.2, 0.25) is 0 Å². The van der Waals surface area contributed by atoms with Gasteiger partial charge >= 0.3 is 0 Å². The molecule has 0 aliphatic heterocycles. The average Bonchev–Trinajstić information content (AvgIpc) is 3.29. The lowest BCUT2D eigenvalue weighted by Gasteiger charge is -2.19. The Morgan fingerprint density at radius 2 is 1.67 bits per heavy atom. The summed E-state index contributed by atoms with van der Waals surface area (Å²) in [4.78, 5) is 11.5. The molecule has 0 unspecified atom stereocenters. The van der Waals surface area contributed by atoms with E-state index in [0.29, 0.717) is 6.04 Å². The van der Waals surface area contributed by atoms with Crippen LogP contribution in [0.15, 0.2) is 24.3 Å². The number of carbonyl (C=O) groups excluding carboxylic acids is 1. The van der Waals surface area contributed by atoms with E-state index in [1.807, 2.05) is 24.3 Å². The van der Waals surface area contributed by atoms with Crippen molar-refractivity contribution in [3.63, 3.8) is 0 Å². The van der Waals surface area contributed by atoms with Crippen LogP contribution < -0.4 is 10.6 Å². The van der Waals surface area contributed by atoms with Crippen LogP contribution in [0.1, 0.15) is 36.0 Å². The van der Waals surface area contributed by atoms with Crippen LogP contribution in [-0.2, 0) is 0 Å². The third kappa shape index (κ3) is 2.50. The van der Waals surface area contributed by atoms with Crippen LogP contribution in [0.2, 0.25) is 0 Å². The second kappa shape index (κ2) is 4.63. The normalized spacial score (nSPS) is 18.8. The summed E-state index contributed by atoms with van der Waals surface area (Å²) >= 11 is 0. The van der Waals surface area contributed by atoms with Gasteiger partial charge in [0, 0.05) is 24.3 Å². The smallest absolute Gasteiger partial charge is 0.251 e. The Balaban J connectivity index is 1.66.